The maximum absolute atomic E-state index is 5.38. The van der Waals surface area contributed by atoms with Crippen molar-refractivity contribution >= 4 is 11.8 Å². The Morgan fingerprint density at radius 1 is 1.14 bits per heavy atom. The third-order valence-corrected chi connectivity index (χ3v) is 3.50. The molecule has 1 aromatic carbocycles. The number of allylic oxidation sites excluding steroid dienone is 1. The van der Waals surface area contributed by atoms with Gasteiger partial charge < -0.3 is 13.9 Å². The third-order valence-electron chi connectivity index (χ3n) is 3.50. The van der Waals surface area contributed by atoms with Gasteiger partial charge in [0.25, 0.3) is 0 Å². The van der Waals surface area contributed by atoms with Gasteiger partial charge in [0.05, 0.1) is 26.2 Å². The van der Waals surface area contributed by atoms with Gasteiger partial charge in [-0.3, -0.25) is 4.99 Å². The van der Waals surface area contributed by atoms with Gasteiger partial charge >= 0.3 is 0 Å². The molecule has 3 rings (SSSR count). The first-order valence-electron chi connectivity index (χ1n) is 6.83. The van der Waals surface area contributed by atoms with E-state index in [1.165, 1.54) is 5.56 Å². The zero-order valence-corrected chi connectivity index (χ0v) is 12.1. The molecule has 1 aliphatic heterocycles. The number of benzene rings is 1. The van der Waals surface area contributed by atoms with E-state index in [9.17, 15) is 0 Å². The molecule has 0 aliphatic carbocycles. The van der Waals surface area contributed by atoms with Gasteiger partial charge in [0.15, 0.2) is 11.5 Å². The van der Waals surface area contributed by atoms with Crippen LogP contribution in [0.1, 0.15) is 16.9 Å². The Labute approximate surface area is 123 Å². The van der Waals surface area contributed by atoms with Crippen LogP contribution in [0.4, 0.5) is 0 Å². The molecule has 0 bridgehead atoms. The summed E-state index contributed by atoms with van der Waals surface area (Å²) in [5, 5.41) is 0. The van der Waals surface area contributed by atoms with Gasteiger partial charge in [-0.05, 0) is 48.4 Å². The molecule has 0 saturated heterocycles. The van der Waals surface area contributed by atoms with Crippen molar-refractivity contribution in [1.82, 2.24) is 0 Å². The normalized spacial score (nSPS) is 13.9. The summed E-state index contributed by atoms with van der Waals surface area (Å²) in [5.41, 5.74) is 3.25. The standard InChI is InChI=1S/C17H17NO3/c1-19-16-10-12-7-8-18-15(14(12)11-17(16)20-2)6-5-13-4-3-9-21-13/h3-6,9-11H,7-8H2,1-2H3/b6-5+. The van der Waals surface area contributed by atoms with Crippen LogP contribution in [0.5, 0.6) is 11.5 Å². The van der Waals surface area contributed by atoms with E-state index in [0.717, 1.165) is 41.5 Å². The molecule has 0 saturated carbocycles. The van der Waals surface area contributed by atoms with Crippen LogP contribution in [0, 0.1) is 0 Å². The van der Waals surface area contributed by atoms with Gasteiger partial charge in [-0.25, -0.2) is 0 Å². The van der Waals surface area contributed by atoms with Gasteiger partial charge in [-0.1, -0.05) is 0 Å². The minimum atomic E-state index is 0.720. The SMILES string of the molecule is COc1cc2c(cc1OC)C(/C=C/c1ccco1)=NCC2. The number of hydrogen-bond acceptors (Lipinski definition) is 4. The number of fused-ring (bicyclic) bond motifs is 1. The number of rotatable bonds is 4. The Bertz CT molecular complexity index is 684. The van der Waals surface area contributed by atoms with Crippen LogP contribution in [-0.2, 0) is 6.42 Å². The quantitative estimate of drug-likeness (QED) is 0.864. The highest BCUT2D eigenvalue weighted by Crippen LogP contribution is 2.32. The molecule has 0 amide bonds. The predicted molar refractivity (Wildman–Crippen MR) is 82.4 cm³/mol. The van der Waals surface area contributed by atoms with E-state index >= 15 is 0 Å². The van der Waals surface area contributed by atoms with Crippen LogP contribution >= 0.6 is 0 Å². The fraction of sp³-hybridized carbons (Fsp3) is 0.235. The average molecular weight is 283 g/mol. The first-order chi connectivity index (χ1) is 10.3. The van der Waals surface area contributed by atoms with E-state index in [-0.39, 0.29) is 0 Å². The lowest BCUT2D eigenvalue weighted by Crippen LogP contribution is -2.11. The number of ether oxygens (including phenoxy) is 2. The van der Waals surface area contributed by atoms with Crippen LogP contribution in [0.2, 0.25) is 0 Å². The number of methoxy groups -OCH3 is 2. The molecule has 1 aliphatic rings. The first kappa shape index (κ1) is 13.5. The van der Waals surface area contributed by atoms with Gasteiger partial charge in [-0.15, -0.1) is 0 Å². The minimum Gasteiger partial charge on any atom is -0.493 e. The second-order valence-corrected chi connectivity index (χ2v) is 4.73. The Balaban J connectivity index is 1.97. The monoisotopic (exact) mass is 283 g/mol. The second-order valence-electron chi connectivity index (χ2n) is 4.73. The number of furan rings is 1. The van der Waals surface area contributed by atoms with Crippen LogP contribution < -0.4 is 9.47 Å². The minimum absolute atomic E-state index is 0.720. The lowest BCUT2D eigenvalue weighted by molar-refractivity contribution is 0.354. The number of aliphatic imine (C=N–C) groups is 1. The Morgan fingerprint density at radius 3 is 2.67 bits per heavy atom. The molecule has 0 radical (unpaired) electrons. The molecule has 0 fully saturated rings. The van der Waals surface area contributed by atoms with Crippen molar-refractivity contribution in [2.24, 2.45) is 4.99 Å². The van der Waals surface area contributed by atoms with Crippen LogP contribution in [0.25, 0.3) is 6.08 Å². The van der Waals surface area contributed by atoms with E-state index in [2.05, 4.69) is 4.99 Å². The van der Waals surface area contributed by atoms with E-state index in [0.29, 0.717) is 0 Å². The highest BCUT2D eigenvalue weighted by atomic mass is 16.5. The zero-order chi connectivity index (χ0) is 14.7. The molecule has 4 heteroatoms. The summed E-state index contributed by atoms with van der Waals surface area (Å²) in [7, 11) is 3.29. The summed E-state index contributed by atoms with van der Waals surface area (Å²) >= 11 is 0. The molecule has 108 valence electrons. The lowest BCUT2D eigenvalue weighted by atomic mass is 9.96. The van der Waals surface area contributed by atoms with Crippen molar-refractivity contribution in [2.45, 2.75) is 6.42 Å². The molecule has 2 heterocycles. The lowest BCUT2D eigenvalue weighted by Gasteiger charge is -2.18. The smallest absolute Gasteiger partial charge is 0.161 e. The molecule has 4 nitrogen and oxygen atoms in total. The van der Waals surface area contributed by atoms with Gasteiger partial charge in [-0.2, -0.15) is 0 Å². The van der Waals surface area contributed by atoms with Crippen molar-refractivity contribution in [1.29, 1.82) is 0 Å². The summed E-state index contributed by atoms with van der Waals surface area (Å²) < 4.78 is 16.0. The van der Waals surface area contributed by atoms with Gasteiger partial charge in [0.1, 0.15) is 5.76 Å². The molecule has 0 unspecified atom stereocenters. The Kier molecular flexibility index (Phi) is 3.77. The van der Waals surface area contributed by atoms with Crippen molar-refractivity contribution in [2.75, 3.05) is 20.8 Å². The summed E-state index contributed by atoms with van der Waals surface area (Å²) in [4.78, 5) is 4.59. The van der Waals surface area contributed by atoms with Crippen LogP contribution in [0.3, 0.4) is 0 Å². The maximum atomic E-state index is 5.38. The predicted octanol–water partition coefficient (Wildman–Crippen LogP) is 3.36. The summed E-state index contributed by atoms with van der Waals surface area (Å²) in [6.07, 6.45) is 6.46. The number of hydrogen-bond donors (Lipinski definition) is 0. The third kappa shape index (κ3) is 2.70. The van der Waals surface area contributed by atoms with Crippen molar-refractivity contribution in [3.8, 4) is 11.5 Å². The zero-order valence-electron chi connectivity index (χ0n) is 12.1. The first-order valence-corrected chi connectivity index (χ1v) is 6.83. The van der Waals surface area contributed by atoms with Crippen LogP contribution in [-0.4, -0.2) is 26.5 Å². The maximum Gasteiger partial charge on any atom is 0.161 e. The topological polar surface area (TPSA) is 44.0 Å². The Hall–Kier alpha value is -2.49. The molecular formula is C17H17NO3. The summed E-state index contributed by atoms with van der Waals surface area (Å²) in [6, 6.07) is 7.79. The summed E-state index contributed by atoms with van der Waals surface area (Å²) in [6.45, 7) is 0.778. The molecule has 0 spiro atoms. The average Bonchev–Trinajstić information content (AvgIpc) is 3.04. The fourth-order valence-electron chi connectivity index (χ4n) is 2.44. The van der Waals surface area contributed by atoms with Gasteiger partial charge in [0, 0.05) is 12.1 Å². The Morgan fingerprint density at radius 2 is 1.95 bits per heavy atom. The van der Waals surface area contributed by atoms with E-state index < -0.39 is 0 Å². The largest absolute Gasteiger partial charge is 0.493 e. The fourth-order valence-corrected chi connectivity index (χ4v) is 2.44. The molecule has 21 heavy (non-hydrogen) atoms. The molecule has 0 atom stereocenters. The van der Waals surface area contributed by atoms with Crippen molar-refractivity contribution < 1.29 is 13.9 Å². The van der Waals surface area contributed by atoms with E-state index in [1.54, 1.807) is 20.5 Å². The second kappa shape index (κ2) is 5.87. The highest BCUT2D eigenvalue weighted by Gasteiger charge is 2.16. The summed E-state index contributed by atoms with van der Waals surface area (Å²) in [5.74, 6) is 2.29. The van der Waals surface area contributed by atoms with Crippen molar-refractivity contribution in [3.05, 3.63) is 53.5 Å². The molecule has 1 aromatic heterocycles. The van der Waals surface area contributed by atoms with Crippen molar-refractivity contribution in [3.63, 3.8) is 0 Å². The molecular weight excluding hydrogens is 266 g/mol. The van der Waals surface area contributed by atoms with E-state index in [1.807, 2.05) is 36.4 Å². The highest BCUT2D eigenvalue weighted by molar-refractivity contribution is 6.12. The van der Waals surface area contributed by atoms with E-state index in [4.69, 9.17) is 13.9 Å². The molecule has 0 N–H and O–H groups in total. The molecule has 2 aromatic rings. The number of nitrogens with zero attached hydrogens (tertiary/aromatic N) is 1. The van der Waals surface area contributed by atoms with Gasteiger partial charge in [0.2, 0.25) is 0 Å². The van der Waals surface area contributed by atoms with Crippen LogP contribution in [0.15, 0.2) is 46.0 Å².